The summed E-state index contributed by atoms with van der Waals surface area (Å²) in [6, 6.07) is 2.33. The van der Waals surface area contributed by atoms with Gasteiger partial charge in [-0.2, -0.15) is 5.26 Å². The van der Waals surface area contributed by atoms with Gasteiger partial charge in [0, 0.05) is 6.61 Å². The molecule has 0 aromatic carbocycles. The van der Waals surface area contributed by atoms with Crippen LogP contribution in [0.25, 0.3) is 0 Å². The average Bonchev–Trinajstić information content (AvgIpc) is 2.15. The summed E-state index contributed by atoms with van der Waals surface area (Å²) in [5.41, 5.74) is -0.377. The van der Waals surface area contributed by atoms with Crippen LogP contribution in [0.2, 0.25) is 0 Å². The van der Waals surface area contributed by atoms with Crippen molar-refractivity contribution in [2.45, 2.75) is 57.6 Å². The van der Waals surface area contributed by atoms with E-state index < -0.39 is 0 Å². The van der Waals surface area contributed by atoms with E-state index in [-0.39, 0.29) is 5.54 Å². The fourth-order valence-corrected chi connectivity index (χ4v) is 1.79. The van der Waals surface area contributed by atoms with Crippen LogP contribution in [0.5, 0.6) is 0 Å². The highest BCUT2D eigenvalue weighted by atomic mass is 16.5. The first kappa shape index (κ1) is 12.5. The van der Waals surface area contributed by atoms with Crippen molar-refractivity contribution >= 4 is 0 Å². The predicted molar refractivity (Wildman–Crippen MR) is 60.5 cm³/mol. The molecule has 0 radical (unpaired) electrons. The van der Waals surface area contributed by atoms with E-state index in [4.69, 9.17) is 10.00 Å². The normalized spacial score (nSPS) is 20.3. The minimum absolute atomic E-state index is 0.377. The molecule has 15 heavy (non-hydrogen) atoms. The van der Waals surface area contributed by atoms with Gasteiger partial charge < -0.3 is 4.74 Å². The molecule has 3 nitrogen and oxygen atoms in total. The molecular weight excluding hydrogens is 188 g/mol. The number of nitriles is 1. The van der Waals surface area contributed by atoms with Gasteiger partial charge in [-0.25, -0.2) is 0 Å². The number of rotatable bonds is 7. The predicted octanol–water partition coefficient (Wildman–Crippen LogP) is 2.23. The zero-order valence-electron chi connectivity index (χ0n) is 9.88. The third kappa shape index (κ3) is 4.19. The second kappa shape index (κ2) is 6.09. The van der Waals surface area contributed by atoms with Crippen LogP contribution in [0.4, 0.5) is 0 Å². The van der Waals surface area contributed by atoms with Crippen molar-refractivity contribution in [3.8, 4) is 6.07 Å². The first-order chi connectivity index (χ1) is 7.20. The molecule has 86 valence electrons. The highest BCUT2D eigenvalue weighted by Gasteiger charge is 2.22. The van der Waals surface area contributed by atoms with Gasteiger partial charge in [0.05, 0.1) is 12.2 Å². The van der Waals surface area contributed by atoms with Crippen molar-refractivity contribution in [2.75, 3.05) is 13.2 Å². The van der Waals surface area contributed by atoms with Crippen molar-refractivity contribution in [3.05, 3.63) is 0 Å². The zero-order valence-corrected chi connectivity index (χ0v) is 9.88. The molecule has 0 saturated heterocycles. The lowest BCUT2D eigenvalue weighted by molar-refractivity contribution is -0.000551. The number of nitrogens with one attached hydrogen (secondary N) is 1. The molecule has 0 aliphatic heterocycles. The quantitative estimate of drug-likeness (QED) is 0.655. The van der Waals surface area contributed by atoms with E-state index in [1.807, 2.05) is 13.8 Å². The number of hydrogen-bond donors (Lipinski definition) is 1. The first-order valence-corrected chi connectivity index (χ1v) is 5.98. The molecule has 1 fully saturated rings. The lowest BCUT2D eigenvalue weighted by Crippen LogP contribution is -2.41. The first-order valence-electron chi connectivity index (χ1n) is 5.98. The lowest BCUT2D eigenvalue weighted by Gasteiger charge is -2.27. The maximum Gasteiger partial charge on any atom is 0.104 e. The van der Waals surface area contributed by atoms with Crippen LogP contribution in [-0.2, 0) is 4.74 Å². The Labute approximate surface area is 92.8 Å². The van der Waals surface area contributed by atoms with E-state index in [1.165, 1.54) is 19.3 Å². The number of nitrogens with zero attached hydrogens (tertiary/aromatic N) is 1. The fourth-order valence-electron chi connectivity index (χ4n) is 1.79. The highest BCUT2D eigenvalue weighted by Crippen LogP contribution is 2.22. The summed E-state index contributed by atoms with van der Waals surface area (Å²) >= 11 is 0. The van der Waals surface area contributed by atoms with Crippen molar-refractivity contribution in [2.24, 2.45) is 0 Å². The van der Waals surface area contributed by atoms with Gasteiger partial charge in [0.25, 0.3) is 0 Å². The maximum atomic E-state index is 9.03. The summed E-state index contributed by atoms with van der Waals surface area (Å²) in [7, 11) is 0. The van der Waals surface area contributed by atoms with E-state index in [0.717, 1.165) is 26.0 Å². The average molecular weight is 210 g/mol. The van der Waals surface area contributed by atoms with E-state index in [9.17, 15) is 0 Å². The topological polar surface area (TPSA) is 45.0 Å². The second-order valence-corrected chi connectivity index (χ2v) is 4.50. The lowest BCUT2D eigenvalue weighted by atomic mass is 9.95. The number of hydrogen-bond acceptors (Lipinski definition) is 3. The summed E-state index contributed by atoms with van der Waals surface area (Å²) in [6.07, 6.45) is 6.11. The summed E-state index contributed by atoms with van der Waals surface area (Å²) in [5.74, 6) is 0. The van der Waals surface area contributed by atoms with Crippen molar-refractivity contribution < 1.29 is 4.74 Å². The van der Waals surface area contributed by atoms with E-state index in [1.54, 1.807) is 0 Å². The second-order valence-electron chi connectivity index (χ2n) is 4.50. The SMILES string of the molecule is CCNC(C)(C#N)CCCOC1CCC1. The standard InChI is InChI=1S/C12H22N2O/c1-3-14-12(2,10-13)8-5-9-15-11-6-4-7-11/h11,14H,3-9H2,1-2H3. The summed E-state index contributed by atoms with van der Waals surface area (Å²) in [5, 5.41) is 12.2. The maximum absolute atomic E-state index is 9.03. The van der Waals surface area contributed by atoms with Gasteiger partial charge in [0.15, 0.2) is 0 Å². The van der Waals surface area contributed by atoms with Crippen LogP contribution < -0.4 is 5.32 Å². The molecule has 0 amide bonds. The monoisotopic (exact) mass is 210 g/mol. The van der Waals surface area contributed by atoms with Gasteiger partial charge in [-0.1, -0.05) is 6.92 Å². The Morgan fingerprint density at radius 2 is 2.27 bits per heavy atom. The Morgan fingerprint density at radius 1 is 1.53 bits per heavy atom. The molecule has 1 rings (SSSR count). The van der Waals surface area contributed by atoms with Gasteiger partial charge in [-0.15, -0.1) is 0 Å². The fraction of sp³-hybridized carbons (Fsp3) is 0.917. The molecule has 0 aromatic heterocycles. The summed E-state index contributed by atoms with van der Waals surface area (Å²) in [4.78, 5) is 0. The Kier molecular flexibility index (Phi) is 5.07. The van der Waals surface area contributed by atoms with Gasteiger partial charge in [-0.3, -0.25) is 5.32 Å². The Morgan fingerprint density at radius 3 is 2.73 bits per heavy atom. The largest absolute Gasteiger partial charge is 0.378 e. The molecule has 1 atom stereocenters. The molecule has 1 N–H and O–H groups in total. The van der Waals surface area contributed by atoms with E-state index in [0.29, 0.717) is 6.10 Å². The zero-order chi connectivity index (χ0) is 11.1. The summed E-state index contributed by atoms with van der Waals surface area (Å²) < 4.78 is 5.66. The smallest absolute Gasteiger partial charge is 0.104 e. The Balaban J connectivity index is 2.08. The van der Waals surface area contributed by atoms with Gasteiger partial charge >= 0.3 is 0 Å². The minimum Gasteiger partial charge on any atom is -0.378 e. The molecule has 1 aliphatic rings. The number of ether oxygens (including phenoxy) is 1. The molecule has 0 aromatic rings. The van der Waals surface area contributed by atoms with Crippen LogP contribution in [0, 0.1) is 11.3 Å². The Bertz CT molecular complexity index is 220. The van der Waals surface area contributed by atoms with Crippen molar-refractivity contribution in [3.63, 3.8) is 0 Å². The van der Waals surface area contributed by atoms with Gasteiger partial charge in [-0.05, 0) is 45.6 Å². The third-order valence-corrected chi connectivity index (χ3v) is 3.04. The van der Waals surface area contributed by atoms with E-state index >= 15 is 0 Å². The molecule has 1 aliphatic carbocycles. The molecule has 0 spiro atoms. The van der Waals surface area contributed by atoms with Gasteiger partial charge in [0.1, 0.15) is 5.54 Å². The molecule has 3 heteroatoms. The highest BCUT2D eigenvalue weighted by molar-refractivity contribution is 5.03. The van der Waals surface area contributed by atoms with Crippen LogP contribution in [0.3, 0.4) is 0 Å². The molecule has 1 saturated carbocycles. The van der Waals surface area contributed by atoms with Crippen LogP contribution >= 0.6 is 0 Å². The van der Waals surface area contributed by atoms with Crippen molar-refractivity contribution in [1.82, 2.24) is 5.32 Å². The summed E-state index contributed by atoms with van der Waals surface area (Å²) in [6.45, 7) is 5.63. The van der Waals surface area contributed by atoms with Gasteiger partial charge in [0.2, 0.25) is 0 Å². The van der Waals surface area contributed by atoms with Crippen LogP contribution in [0.15, 0.2) is 0 Å². The van der Waals surface area contributed by atoms with Crippen molar-refractivity contribution in [1.29, 1.82) is 5.26 Å². The van der Waals surface area contributed by atoms with E-state index in [2.05, 4.69) is 11.4 Å². The van der Waals surface area contributed by atoms with Crippen LogP contribution in [0.1, 0.15) is 46.0 Å². The molecule has 1 unspecified atom stereocenters. The Hall–Kier alpha value is -0.590. The molecular formula is C12H22N2O. The minimum atomic E-state index is -0.377. The molecule has 0 bridgehead atoms. The third-order valence-electron chi connectivity index (χ3n) is 3.04. The van der Waals surface area contributed by atoms with Crippen LogP contribution in [-0.4, -0.2) is 24.8 Å². The molecule has 0 heterocycles.